The maximum Gasteiger partial charge on any atom is 0.254 e. The SMILES string of the molecule is Cc1onc(-c2ccccc2)c1-c1nnc(-c2ccc3[nH]ccc3c2)o1. The van der Waals surface area contributed by atoms with Crippen LogP contribution in [0.5, 0.6) is 0 Å². The molecule has 0 aliphatic heterocycles. The quantitative estimate of drug-likeness (QED) is 0.507. The summed E-state index contributed by atoms with van der Waals surface area (Å²) in [5.41, 5.74) is 4.28. The molecule has 0 aliphatic carbocycles. The number of aromatic nitrogens is 4. The van der Waals surface area contributed by atoms with E-state index in [0.29, 0.717) is 23.2 Å². The minimum Gasteiger partial charge on any atom is -0.416 e. The summed E-state index contributed by atoms with van der Waals surface area (Å²) in [7, 11) is 0. The summed E-state index contributed by atoms with van der Waals surface area (Å²) < 4.78 is 11.3. The monoisotopic (exact) mass is 342 g/mol. The Balaban J connectivity index is 1.60. The molecule has 126 valence electrons. The van der Waals surface area contributed by atoms with Gasteiger partial charge in [-0.05, 0) is 31.2 Å². The molecule has 0 unspecified atom stereocenters. The fourth-order valence-corrected chi connectivity index (χ4v) is 3.04. The summed E-state index contributed by atoms with van der Waals surface area (Å²) in [6, 6.07) is 17.8. The van der Waals surface area contributed by atoms with Crippen molar-refractivity contribution in [1.29, 1.82) is 0 Å². The molecule has 0 atom stereocenters. The van der Waals surface area contributed by atoms with E-state index < -0.39 is 0 Å². The molecule has 5 aromatic rings. The average molecular weight is 342 g/mol. The Hall–Kier alpha value is -3.67. The second-order valence-corrected chi connectivity index (χ2v) is 6.02. The number of benzene rings is 2. The average Bonchev–Trinajstić information content (AvgIpc) is 3.40. The van der Waals surface area contributed by atoms with Crippen LogP contribution in [0.15, 0.2) is 69.7 Å². The van der Waals surface area contributed by atoms with Crippen LogP contribution in [0, 0.1) is 6.92 Å². The number of fused-ring (bicyclic) bond motifs is 1. The van der Waals surface area contributed by atoms with Crippen LogP contribution in [0.4, 0.5) is 0 Å². The van der Waals surface area contributed by atoms with E-state index >= 15 is 0 Å². The maximum absolute atomic E-state index is 5.95. The normalized spacial score (nSPS) is 11.3. The topological polar surface area (TPSA) is 80.7 Å². The van der Waals surface area contributed by atoms with Gasteiger partial charge in [0.1, 0.15) is 17.0 Å². The van der Waals surface area contributed by atoms with Gasteiger partial charge in [0, 0.05) is 28.2 Å². The minimum absolute atomic E-state index is 0.395. The van der Waals surface area contributed by atoms with Crippen LogP contribution < -0.4 is 0 Å². The Morgan fingerprint density at radius 2 is 1.73 bits per heavy atom. The number of aromatic amines is 1. The summed E-state index contributed by atoms with van der Waals surface area (Å²) in [6.07, 6.45) is 1.90. The molecular formula is C20H14N4O2. The van der Waals surface area contributed by atoms with Gasteiger partial charge in [0.2, 0.25) is 5.89 Å². The number of nitrogens with one attached hydrogen (secondary N) is 1. The Morgan fingerprint density at radius 3 is 2.62 bits per heavy atom. The van der Waals surface area contributed by atoms with Crippen molar-refractivity contribution in [2.24, 2.45) is 0 Å². The first-order chi connectivity index (χ1) is 12.8. The van der Waals surface area contributed by atoms with Gasteiger partial charge in [0.25, 0.3) is 5.89 Å². The zero-order chi connectivity index (χ0) is 17.5. The highest BCUT2D eigenvalue weighted by Crippen LogP contribution is 2.35. The zero-order valence-electron chi connectivity index (χ0n) is 13.9. The van der Waals surface area contributed by atoms with Gasteiger partial charge in [0.05, 0.1) is 0 Å². The molecule has 0 saturated heterocycles. The van der Waals surface area contributed by atoms with Gasteiger partial charge in [-0.15, -0.1) is 10.2 Å². The molecule has 0 bridgehead atoms. The molecule has 3 heterocycles. The molecule has 0 spiro atoms. The third-order valence-electron chi connectivity index (χ3n) is 4.35. The molecule has 3 aromatic heterocycles. The molecule has 5 rings (SSSR count). The highest BCUT2D eigenvalue weighted by molar-refractivity contribution is 5.84. The Morgan fingerprint density at radius 1 is 0.885 bits per heavy atom. The van der Waals surface area contributed by atoms with Crippen LogP contribution in [-0.4, -0.2) is 20.3 Å². The molecule has 0 saturated carbocycles. The molecule has 26 heavy (non-hydrogen) atoms. The molecule has 0 aliphatic rings. The van der Waals surface area contributed by atoms with E-state index in [4.69, 9.17) is 8.94 Å². The van der Waals surface area contributed by atoms with Crippen molar-refractivity contribution in [1.82, 2.24) is 20.3 Å². The van der Waals surface area contributed by atoms with Gasteiger partial charge in [-0.25, -0.2) is 0 Å². The van der Waals surface area contributed by atoms with Gasteiger partial charge >= 0.3 is 0 Å². The number of hydrogen-bond acceptors (Lipinski definition) is 5. The summed E-state index contributed by atoms with van der Waals surface area (Å²) in [6.45, 7) is 1.84. The van der Waals surface area contributed by atoms with E-state index in [-0.39, 0.29) is 0 Å². The predicted molar refractivity (Wildman–Crippen MR) is 97.3 cm³/mol. The lowest BCUT2D eigenvalue weighted by Gasteiger charge is -1.98. The summed E-state index contributed by atoms with van der Waals surface area (Å²) in [5, 5.41) is 13.7. The van der Waals surface area contributed by atoms with Crippen molar-refractivity contribution in [3.8, 4) is 34.2 Å². The third-order valence-corrected chi connectivity index (χ3v) is 4.35. The molecule has 0 radical (unpaired) electrons. The molecule has 6 heteroatoms. The lowest BCUT2D eigenvalue weighted by molar-refractivity contribution is 0.399. The molecular weight excluding hydrogens is 328 g/mol. The Bertz CT molecular complexity index is 1200. The molecule has 0 amide bonds. The molecule has 2 aromatic carbocycles. The van der Waals surface area contributed by atoms with Crippen LogP contribution in [0.2, 0.25) is 0 Å². The number of H-pyrrole nitrogens is 1. The van der Waals surface area contributed by atoms with E-state index in [2.05, 4.69) is 20.3 Å². The molecule has 0 fully saturated rings. The van der Waals surface area contributed by atoms with Crippen molar-refractivity contribution in [3.05, 3.63) is 66.6 Å². The van der Waals surface area contributed by atoms with Gasteiger partial charge in [-0.2, -0.15) is 0 Å². The Labute approximate surface area is 148 Å². The van der Waals surface area contributed by atoms with E-state index in [1.165, 1.54) is 0 Å². The lowest BCUT2D eigenvalue weighted by atomic mass is 10.1. The van der Waals surface area contributed by atoms with E-state index in [1.807, 2.05) is 67.7 Å². The number of rotatable bonds is 3. The van der Waals surface area contributed by atoms with E-state index in [1.54, 1.807) is 0 Å². The van der Waals surface area contributed by atoms with Gasteiger partial charge in [0.15, 0.2) is 0 Å². The number of nitrogens with zero attached hydrogens (tertiary/aromatic N) is 3. The van der Waals surface area contributed by atoms with Crippen LogP contribution in [-0.2, 0) is 0 Å². The number of hydrogen-bond donors (Lipinski definition) is 1. The fraction of sp³-hybridized carbons (Fsp3) is 0.0500. The van der Waals surface area contributed by atoms with E-state index in [0.717, 1.165) is 27.6 Å². The molecule has 6 nitrogen and oxygen atoms in total. The van der Waals surface area contributed by atoms with Gasteiger partial charge < -0.3 is 13.9 Å². The van der Waals surface area contributed by atoms with Gasteiger partial charge in [-0.1, -0.05) is 35.5 Å². The first-order valence-electron chi connectivity index (χ1n) is 8.23. The number of aryl methyl sites for hydroxylation is 1. The maximum atomic E-state index is 5.95. The minimum atomic E-state index is 0.395. The van der Waals surface area contributed by atoms with Crippen LogP contribution in [0.1, 0.15) is 5.76 Å². The van der Waals surface area contributed by atoms with Crippen LogP contribution in [0.3, 0.4) is 0 Å². The second-order valence-electron chi connectivity index (χ2n) is 6.02. The van der Waals surface area contributed by atoms with Gasteiger partial charge in [-0.3, -0.25) is 0 Å². The van der Waals surface area contributed by atoms with Crippen molar-refractivity contribution >= 4 is 10.9 Å². The van der Waals surface area contributed by atoms with Crippen LogP contribution >= 0.6 is 0 Å². The summed E-state index contributed by atoms with van der Waals surface area (Å²) in [5.74, 6) is 1.50. The Kier molecular flexibility index (Phi) is 3.21. The predicted octanol–water partition coefficient (Wildman–Crippen LogP) is 4.85. The van der Waals surface area contributed by atoms with Crippen LogP contribution in [0.25, 0.3) is 45.1 Å². The largest absolute Gasteiger partial charge is 0.416 e. The van der Waals surface area contributed by atoms with E-state index in [9.17, 15) is 0 Å². The van der Waals surface area contributed by atoms with Crippen molar-refractivity contribution in [3.63, 3.8) is 0 Å². The third kappa shape index (κ3) is 2.31. The first kappa shape index (κ1) is 14.7. The first-order valence-corrected chi connectivity index (χ1v) is 8.23. The zero-order valence-corrected chi connectivity index (χ0v) is 13.9. The lowest BCUT2D eigenvalue weighted by Crippen LogP contribution is -1.84. The summed E-state index contributed by atoms with van der Waals surface area (Å²) in [4.78, 5) is 3.17. The summed E-state index contributed by atoms with van der Waals surface area (Å²) >= 11 is 0. The van der Waals surface area contributed by atoms with Crippen molar-refractivity contribution < 1.29 is 8.94 Å². The van der Waals surface area contributed by atoms with Crippen molar-refractivity contribution in [2.45, 2.75) is 6.92 Å². The molecule has 1 N–H and O–H groups in total. The van der Waals surface area contributed by atoms with Crippen molar-refractivity contribution in [2.75, 3.05) is 0 Å². The highest BCUT2D eigenvalue weighted by Gasteiger charge is 2.22. The highest BCUT2D eigenvalue weighted by atomic mass is 16.5. The fourth-order valence-electron chi connectivity index (χ4n) is 3.04. The standard InChI is InChI=1S/C20H14N4O2/c1-12-17(18(24-26-12)13-5-3-2-4-6-13)20-23-22-19(25-20)15-7-8-16-14(11-15)9-10-21-16/h2-11,21H,1H3. The second kappa shape index (κ2) is 5.70. The smallest absolute Gasteiger partial charge is 0.254 e.